The van der Waals surface area contributed by atoms with Crippen LogP contribution in [0.25, 0.3) is 11.3 Å². The van der Waals surface area contributed by atoms with Crippen LogP contribution in [0, 0.1) is 0 Å². The summed E-state index contributed by atoms with van der Waals surface area (Å²) in [5, 5.41) is 6.71. The number of carbonyl (C=O) groups excluding carboxylic acids is 1. The Morgan fingerprint density at radius 2 is 1.93 bits per heavy atom. The number of nitrogens with one attached hydrogen (secondary N) is 2. The molecule has 7 nitrogen and oxygen atoms in total. The highest BCUT2D eigenvalue weighted by Gasteiger charge is 2.42. The largest absolute Gasteiger partial charge is 0.497 e. The molecule has 2 aliphatic heterocycles. The van der Waals surface area contributed by atoms with E-state index in [9.17, 15) is 4.79 Å². The molecule has 0 unspecified atom stereocenters. The van der Waals surface area contributed by atoms with Crippen LogP contribution in [0.3, 0.4) is 0 Å². The van der Waals surface area contributed by atoms with Gasteiger partial charge in [-0.2, -0.15) is 0 Å². The molecule has 2 aromatic rings. The molecular weight excluding hydrogens is 354 g/mol. The van der Waals surface area contributed by atoms with E-state index in [4.69, 9.17) is 9.72 Å². The molecule has 2 aliphatic rings. The maximum atomic E-state index is 12.3. The zero-order chi connectivity index (χ0) is 19.7. The molecular formula is C21H29N5O2. The van der Waals surface area contributed by atoms with Gasteiger partial charge in [0.15, 0.2) is 0 Å². The Labute approximate surface area is 166 Å². The minimum absolute atomic E-state index is 0.0305. The number of methoxy groups -OCH3 is 1. The number of amides is 2. The number of ether oxygens (including phenoxy) is 1. The molecule has 1 saturated heterocycles. The van der Waals surface area contributed by atoms with Gasteiger partial charge in [0.25, 0.3) is 0 Å². The quantitative estimate of drug-likeness (QED) is 0.855. The lowest BCUT2D eigenvalue weighted by molar-refractivity contribution is 0.123. The summed E-state index contributed by atoms with van der Waals surface area (Å²) < 4.78 is 7.61. The Balaban J connectivity index is 1.55. The topological polar surface area (TPSA) is 71.4 Å². The third-order valence-electron chi connectivity index (χ3n) is 5.78. The van der Waals surface area contributed by atoms with Crippen LogP contribution in [-0.2, 0) is 12.1 Å². The van der Waals surface area contributed by atoms with Crippen LogP contribution in [0.2, 0.25) is 0 Å². The lowest BCUT2D eigenvalue weighted by atomic mass is 9.85. The summed E-state index contributed by atoms with van der Waals surface area (Å²) in [6, 6.07) is 8.31. The van der Waals surface area contributed by atoms with Gasteiger partial charge in [-0.25, -0.2) is 9.78 Å². The van der Waals surface area contributed by atoms with Crippen molar-refractivity contribution in [3.63, 3.8) is 0 Å². The number of hydrogen-bond donors (Lipinski definition) is 2. The Kier molecular flexibility index (Phi) is 5.02. The molecule has 2 amide bonds. The zero-order valence-electron chi connectivity index (χ0n) is 16.9. The van der Waals surface area contributed by atoms with Crippen LogP contribution < -0.4 is 15.4 Å². The van der Waals surface area contributed by atoms with Gasteiger partial charge >= 0.3 is 6.03 Å². The summed E-state index contributed by atoms with van der Waals surface area (Å²) >= 11 is 0. The van der Waals surface area contributed by atoms with Crippen molar-refractivity contribution < 1.29 is 9.53 Å². The van der Waals surface area contributed by atoms with Crippen molar-refractivity contribution in [3.8, 4) is 17.0 Å². The smallest absolute Gasteiger partial charge is 0.317 e. The Morgan fingerprint density at radius 1 is 1.21 bits per heavy atom. The van der Waals surface area contributed by atoms with Gasteiger partial charge < -0.3 is 24.8 Å². The number of benzene rings is 1. The molecule has 28 heavy (non-hydrogen) atoms. The Hall–Kier alpha value is -2.54. The molecule has 1 fully saturated rings. The van der Waals surface area contributed by atoms with Gasteiger partial charge in [0.2, 0.25) is 0 Å². The Bertz CT molecular complexity index is 835. The van der Waals surface area contributed by atoms with Gasteiger partial charge in [-0.15, -0.1) is 0 Å². The van der Waals surface area contributed by atoms with E-state index in [1.807, 2.05) is 37.1 Å². The number of carbonyl (C=O) groups is 1. The normalized spacial score (nSPS) is 18.2. The van der Waals surface area contributed by atoms with E-state index in [1.165, 1.54) is 0 Å². The van der Waals surface area contributed by atoms with Gasteiger partial charge in [-0.1, -0.05) is 0 Å². The van der Waals surface area contributed by atoms with Crippen LogP contribution in [0.1, 0.15) is 32.5 Å². The minimum Gasteiger partial charge on any atom is -0.497 e. The Morgan fingerprint density at radius 3 is 2.57 bits per heavy atom. The number of urea groups is 1. The van der Waals surface area contributed by atoms with Crippen LogP contribution in [0.4, 0.5) is 4.79 Å². The second kappa shape index (κ2) is 7.47. The van der Waals surface area contributed by atoms with Gasteiger partial charge in [-0.05, 0) is 51.0 Å². The van der Waals surface area contributed by atoms with E-state index in [0.717, 1.165) is 61.9 Å². The van der Waals surface area contributed by atoms with Crippen molar-refractivity contribution in [2.45, 2.75) is 44.8 Å². The number of rotatable bonds is 3. The molecule has 0 aliphatic carbocycles. The predicted molar refractivity (Wildman–Crippen MR) is 108 cm³/mol. The third-order valence-corrected chi connectivity index (χ3v) is 5.78. The molecule has 1 aromatic heterocycles. The minimum atomic E-state index is -0.155. The van der Waals surface area contributed by atoms with Crippen molar-refractivity contribution >= 4 is 6.03 Å². The third kappa shape index (κ3) is 3.35. The number of hydrogen-bond acceptors (Lipinski definition) is 4. The van der Waals surface area contributed by atoms with Crippen LogP contribution in [0.15, 0.2) is 30.5 Å². The van der Waals surface area contributed by atoms with E-state index < -0.39 is 0 Å². The summed E-state index contributed by atoms with van der Waals surface area (Å²) in [6.45, 7) is 7.25. The molecule has 0 radical (unpaired) electrons. The average Bonchev–Trinajstić information content (AvgIpc) is 3.14. The molecule has 0 bridgehead atoms. The second-order valence-corrected chi connectivity index (χ2v) is 7.95. The number of fused-ring (bicyclic) bond motifs is 2. The fraction of sp³-hybridized carbons (Fsp3) is 0.524. The number of imidazole rings is 1. The number of nitrogens with zero attached hydrogens (tertiary/aromatic N) is 3. The first-order chi connectivity index (χ1) is 13.5. The average molecular weight is 383 g/mol. The second-order valence-electron chi connectivity index (χ2n) is 7.95. The summed E-state index contributed by atoms with van der Waals surface area (Å²) in [7, 11) is 1.68. The van der Waals surface area contributed by atoms with Crippen LogP contribution >= 0.6 is 0 Å². The SMILES string of the molecule is COc1ccc(-c2cnc3n2CCNC32CCN(C(=O)NC(C)C)CC2)cc1. The van der Waals surface area contributed by atoms with E-state index in [0.29, 0.717) is 0 Å². The van der Waals surface area contributed by atoms with E-state index in [1.54, 1.807) is 7.11 Å². The lowest BCUT2D eigenvalue weighted by Gasteiger charge is -2.44. The maximum absolute atomic E-state index is 12.3. The standard InChI is InChI=1S/C21H29N5O2/c1-15(2)24-20(27)25-11-8-21(9-12-25)19-22-14-18(26(19)13-10-23-21)16-4-6-17(28-3)7-5-16/h4-7,14-15,23H,8-13H2,1-3H3,(H,24,27). The molecule has 1 aromatic carbocycles. The maximum Gasteiger partial charge on any atom is 0.317 e. The zero-order valence-corrected chi connectivity index (χ0v) is 16.9. The number of likely N-dealkylation sites (tertiary alicyclic amines) is 1. The van der Waals surface area contributed by atoms with Gasteiger partial charge in [0.1, 0.15) is 11.6 Å². The van der Waals surface area contributed by atoms with Gasteiger partial charge in [0, 0.05) is 37.8 Å². The lowest BCUT2D eigenvalue weighted by Crippen LogP contribution is -2.57. The van der Waals surface area contributed by atoms with Crippen LogP contribution in [-0.4, -0.2) is 53.3 Å². The molecule has 0 atom stereocenters. The van der Waals surface area contributed by atoms with Crippen molar-refractivity contribution in [1.29, 1.82) is 0 Å². The van der Waals surface area contributed by atoms with Gasteiger partial charge in [-0.3, -0.25) is 0 Å². The van der Waals surface area contributed by atoms with Crippen molar-refractivity contribution in [2.75, 3.05) is 26.7 Å². The fourth-order valence-electron chi connectivity index (χ4n) is 4.29. The van der Waals surface area contributed by atoms with Crippen molar-refractivity contribution in [2.24, 2.45) is 0 Å². The molecule has 0 saturated carbocycles. The number of aromatic nitrogens is 2. The first-order valence-electron chi connectivity index (χ1n) is 10.0. The molecule has 3 heterocycles. The van der Waals surface area contributed by atoms with E-state index >= 15 is 0 Å². The molecule has 1 spiro atoms. The molecule has 7 heteroatoms. The molecule has 150 valence electrons. The predicted octanol–water partition coefficient (Wildman–Crippen LogP) is 2.57. The molecule has 2 N–H and O–H groups in total. The molecule has 4 rings (SSSR count). The first-order valence-corrected chi connectivity index (χ1v) is 10.0. The van der Waals surface area contributed by atoms with Gasteiger partial charge in [0.05, 0.1) is 24.5 Å². The van der Waals surface area contributed by atoms with Crippen molar-refractivity contribution in [1.82, 2.24) is 25.1 Å². The highest BCUT2D eigenvalue weighted by atomic mass is 16.5. The monoisotopic (exact) mass is 383 g/mol. The van der Waals surface area contributed by atoms with Crippen LogP contribution in [0.5, 0.6) is 5.75 Å². The summed E-state index contributed by atoms with van der Waals surface area (Å²) in [4.78, 5) is 19.1. The first kappa shape index (κ1) is 18.8. The van der Waals surface area contributed by atoms with E-state index in [2.05, 4.69) is 27.3 Å². The summed E-state index contributed by atoms with van der Waals surface area (Å²) in [5.41, 5.74) is 2.13. The summed E-state index contributed by atoms with van der Waals surface area (Å²) in [5.74, 6) is 1.95. The van der Waals surface area contributed by atoms with E-state index in [-0.39, 0.29) is 17.6 Å². The number of piperidine rings is 1. The summed E-state index contributed by atoms with van der Waals surface area (Å²) in [6.07, 6.45) is 3.72. The highest BCUT2D eigenvalue weighted by molar-refractivity contribution is 5.74. The fourth-order valence-corrected chi connectivity index (χ4v) is 4.29. The highest BCUT2D eigenvalue weighted by Crippen LogP contribution is 2.37. The van der Waals surface area contributed by atoms with Crippen molar-refractivity contribution in [3.05, 3.63) is 36.3 Å².